The molecule has 5 rings (SSSR count). The number of carbonyl (C=O) groups is 1. The van der Waals surface area contributed by atoms with Gasteiger partial charge in [0.15, 0.2) is 0 Å². The zero-order valence-electron chi connectivity index (χ0n) is 22.5. The summed E-state index contributed by atoms with van der Waals surface area (Å²) in [5, 5.41) is 10.3. The van der Waals surface area contributed by atoms with E-state index in [-0.39, 0.29) is 6.09 Å². The van der Waals surface area contributed by atoms with Crippen molar-refractivity contribution in [2.75, 3.05) is 26.2 Å². The van der Waals surface area contributed by atoms with E-state index >= 15 is 0 Å². The molecule has 0 unspecified atom stereocenters. The number of rotatable bonds is 4. The lowest BCUT2D eigenvalue weighted by Gasteiger charge is -2.35. The first-order valence-corrected chi connectivity index (χ1v) is 13.0. The van der Waals surface area contributed by atoms with Crippen LogP contribution in [0.2, 0.25) is 0 Å². The Hall–Kier alpha value is -4.08. The summed E-state index contributed by atoms with van der Waals surface area (Å²) in [7, 11) is 0. The third kappa shape index (κ3) is 5.58. The van der Waals surface area contributed by atoms with E-state index in [9.17, 15) is 10.1 Å². The molecule has 4 aromatic rings. The van der Waals surface area contributed by atoms with Crippen LogP contribution in [0.1, 0.15) is 37.5 Å². The topological polar surface area (TPSA) is 69.7 Å². The van der Waals surface area contributed by atoms with Crippen LogP contribution >= 0.6 is 0 Å². The van der Waals surface area contributed by atoms with Crippen LogP contribution in [0.3, 0.4) is 0 Å². The zero-order valence-corrected chi connectivity index (χ0v) is 22.5. The first-order valence-electron chi connectivity index (χ1n) is 13.0. The van der Waals surface area contributed by atoms with E-state index in [1.54, 1.807) is 4.90 Å². The van der Waals surface area contributed by atoms with Crippen molar-refractivity contribution in [3.63, 3.8) is 0 Å². The van der Waals surface area contributed by atoms with E-state index < -0.39 is 5.60 Å². The second kappa shape index (κ2) is 10.4. The van der Waals surface area contributed by atoms with Gasteiger partial charge in [0.25, 0.3) is 0 Å². The summed E-state index contributed by atoms with van der Waals surface area (Å²) in [6, 6.07) is 22.8. The highest BCUT2D eigenvalue weighted by atomic mass is 16.6. The smallest absolute Gasteiger partial charge is 0.410 e. The number of fused-ring (bicyclic) bond motifs is 1. The molecule has 0 radical (unpaired) electrons. The number of aryl methyl sites for hydroxylation is 1. The normalized spacial score (nSPS) is 14.4. The maximum absolute atomic E-state index is 12.4. The van der Waals surface area contributed by atoms with Gasteiger partial charge in [-0.05, 0) is 74.2 Å². The zero-order chi connectivity index (χ0) is 26.9. The minimum atomic E-state index is -0.492. The van der Waals surface area contributed by atoms with Gasteiger partial charge in [0.05, 0.1) is 17.9 Å². The maximum Gasteiger partial charge on any atom is 0.410 e. The molecule has 3 aromatic carbocycles. The van der Waals surface area contributed by atoms with Crippen molar-refractivity contribution in [3.8, 4) is 28.3 Å². The van der Waals surface area contributed by atoms with Crippen LogP contribution in [0.5, 0.6) is 0 Å². The number of furan rings is 1. The highest BCUT2D eigenvalue weighted by molar-refractivity contribution is 5.95. The average molecular weight is 508 g/mol. The first kappa shape index (κ1) is 25.6. The fourth-order valence-corrected chi connectivity index (χ4v) is 4.84. The van der Waals surface area contributed by atoms with Crippen molar-refractivity contribution in [2.24, 2.45) is 0 Å². The molecule has 1 amide bonds. The Balaban J connectivity index is 1.43. The van der Waals surface area contributed by atoms with E-state index in [1.165, 1.54) is 5.56 Å². The van der Waals surface area contributed by atoms with Crippen LogP contribution in [0.15, 0.2) is 71.3 Å². The Morgan fingerprint density at radius 1 is 0.947 bits per heavy atom. The van der Waals surface area contributed by atoms with Gasteiger partial charge >= 0.3 is 6.09 Å². The quantitative estimate of drug-likeness (QED) is 0.297. The van der Waals surface area contributed by atoms with E-state index in [4.69, 9.17) is 9.15 Å². The number of amides is 1. The van der Waals surface area contributed by atoms with Gasteiger partial charge in [0.1, 0.15) is 11.2 Å². The molecular weight excluding hydrogens is 474 g/mol. The van der Waals surface area contributed by atoms with Crippen LogP contribution in [-0.4, -0.2) is 47.7 Å². The Morgan fingerprint density at radius 3 is 2.16 bits per heavy atom. The Bertz CT molecular complexity index is 1480. The van der Waals surface area contributed by atoms with Gasteiger partial charge in [-0.3, -0.25) is 4.90 Å². The average Bonchev–Trinajstić information content (AvgIpc) is 3.29. The lowest BCUT2D eigenvalue weighted by molar-refractivity contribution is 0.0139. The summed E-state index contributed by atoms with van der Waals surface area (Å²) in [4.78, 5) is 16.6. The molecule has 6 heteroatoms. The van der Waals surface area contributed by atoms with Gasteiger partial charge in [-0.1, -0.05) is 42.0 Å². The van der Waals surface area contributed by atoms with Crippen molar-refractivity contribution in [1.29, 1.82) is 5.26 Å². The van der Waals surface area contributed by atoms with E-state index in [1.807, 2.05) is 51.3 Å². The number of nitrogens with zero attached hydrogens (tertiary/aromatic N) is 3. The largest absolute Gasteiger partial charge is 0.464 e. The SMILES string of the molecule is Cc1ccc(-c2cc3occ(CN4CCN(C(=O)OC(C)(C)C)CC4)c3cc2-c2ccc(C#N)cc2)cc1. The molecule has 0 aliphatic carbocycles. The molecule has 1 fully saturated rings. The van der Waals surface area contributed by atoms with Crippen LogP contribution in [-0.2, 0) is 11.3 Å². The maximum atomic E-state index is 12.4. The van der Waals surface area contributed by atoms with E-state index in [0.29, 0.717) is 18.7 Å². The standard InChI is InChI=1S/C32H33N3O3/c1-22-5-9-24(10-6-22)28-18-30-29(17-27(28)25-11-7-23(19-33)8-12-25)26(21-37-30)20-34-13-15-35(16-14-34)31(36)38-32(2,3)4/h5-12,17-18,21H,13-16,20H2,1-4H3. The second-order valence-electron chi connectivity index (χ2n) is 11.0. The lowest BCUT2D eigenvalue weighted by Crippen LogP contribution is -2.49. The summed E-state index contributed by atoms with van der Waals surface area (Å²) >= 11 is 0. The summed E-state index contributed by atoms with van der Waals surface area (Å²) in [6.07, 6.45) is 1.61. The molecule has 0 saturated carbocycles. The Kier molecular flexibility index (Phi) is 6.96. The van der Waals surface area contributed by atoms with Gasteiger partial charge in [0, 0.05) is 43.7 Å². The first-order chi connectivity index (χ1) is 18.2. The molecular formula is C32H33N3O3. The molecule has 0 bridgehead atoms. The summed E-state index contributed by atoms with van der Waals surface area (Å²) < 4.78 is 11.6. The van der Waals surface area contributed by atoms with E-state index in [0.717, 1.165) is 58.4 Å². The van der Waals surface area contributed by atoms with Crippen molar-refractivity contribution < 1.29 is 13.9 Å². The molecule has 194 valence electrons. The fourth-order valence-electron chi connectivity index (χ4n) is 4.84. The third-order valence-electron chi connectivity index (χ3n) is 6.90. The summed E-state index contributed by atoms with van der Waals surface area (Å²) in [6.45, 7) is 11.3. The van der Waals surface area contributed by atoms with Gasteiger partial charge in [-0.2, -0.15) is 5.26 Å². The highest BCUT2D eigenvalue weighted by Gasteiger charge is 2.26. The number of hydrogen-bond donors (Lipinski definition) is 0. The van der Waals surface area contributed by atoms with Crippen molar-refractivity contribution in [1.82, 2.24) is 9.80 Å². The molecule has 38 heavy (non-hydrogen) atoms. The van der Waals surface area contributed by atoms with Crippen molar-refractivity contribution >= 4 is 17.1 Å². The second-order valence-corrected chi connectivity index (χ2v) is 11.0. The molecule has 1 saturated heterocycles. The fraction of sp³-hybridized carbons (Fsp3) is 0.312. The van der Waals surface area contributed by atoms with Crippen LogP contribution in [0.4, 0.5) is 4.79 Å². The molecule has 6 nitrogen and oxygen atoms in total. The number of carbonyl (C=O) groups excluding carboxylic acids is 1. The monoisotopic (exact) mass is 507 g/mol. The number of piperazine rings is 1. The summed E-state index contributed by atoms with van der Waals surface area (Å²) in [5.74, 6) is 0. The van der Waals surface area contributed by atoms with Crippen molar-refractivity contribution in [3.05, 3.63) is 83.6 Å². The van der Waals surface area contributed by atoms with Crippen molar-refractivity contribution in [2.45, 2.75) is 39.8 Å². The molecule has 0 atom stereocenters. The number of ether oxygens (including phenoxy) is 1. The summed E-state index contributed by atoms with van der Waals surface area (Å²) in [5.41, 5.74) is 7.69. The molecule has 0 N–H and O–H groups in total. The number of nitriles is 1. The van der Waals surface area contributed by atoms with Crippen LogP contribution in [0.25, 0.3) is 33.2 Å². The van der Waals surface area contributed by atoms with Crippen LogP contribution in [0, 0.1) is 18.3 Å². The van der Waals surface area contributed by atoms with Gasteiger partial charge in [0.2, 0.25) is 0 Å². The van der Waals surface area contributed by atoms with Crippen LogP contribution < -0.4 is 0 Å². The minimum absolute atomic E-state index is 0.249. The predicted octanol–water partition coefficient (Wildman–Crippen LogP) is 7.00. The molecule has 2 heterocycles. The molecule has 0 spiro atoms. The number of benzene rings is 3. The van der Waals surface area contributed by atoms with Gasteiger partial charge in [-0.25, -0.2) is 4.79 Å². The third-order valence-corrected chi connectivity index (χ3v) is 6.90. The van der Waals surface area contributed by atoms with E-state index in [2.05, 4.69) is 54.3 Å². The Morgan fingerprint density at radius 2 is 1.55 bits per heavy atom. The molecule has 1 aliphatic rings. The lowest BCUT2D eigenvalue weighted by atomic mass is 9.92. The van der Waals surface area contributed by atoms with Gasteiger partial charge in [-0.15, -0.1) is 0 Å². The van der Waals surface area contributed by atoms with Gasteiger partial charge < -0.3 is 14.1 Å². The molecule has 1 aromatic heterocycles. The minimum Gasteiger partial charge on any atom is -0.464 e. The highest BCUT2D eigenvalue weighted by Crippen LogP contribution is 2.38. The molecule has 1 aliphatic heterocycles. The number of hydrogen-bond acceptors (Lipinski definition) is 5. The predicted molar refractivity (Wildman–Crippen MR) is 150 cm³/mol. The Labute approximate surface area is 224 Å².